The molecule has 0 aliphatic rings. The van der Waals surface area contributed by atoms with E-state index in [0.29, 0.717) is 6.54 Å². The second-order valence-electron chi connectivity index (χ2n) is 6.51. The summed E-state index contributed by atoms with van der Waals surface area (Å²) in [7, 11) is 1.63. The Morgan fingerprint density at radius 3 is 2.26 bits per heavy atom. The van der Waals surface area contributed by atoms with E-state index in [9.17, 15) is 14.4 Å². The van der Waals surface area contributed by atoms with E-state index in [2.05, 4.69) is 0 Å². The summed E-state index contributed by atoms with van der Waals surface area (Å²) in [6.07, 6.45) is 1.21. The summed E-state index contributed by atoms with van der Waals surface area (Å²) in [5.41, 5.74) is 0.468. The number of carbonyl (C=O) groups is 3. The maximum Gasteiger partial charge on any atom is 0.375 e. The Morgan fingerprint density at radius 2 is 1.70 bits per heavy atom. The zero-order valence-corrected chi connectivity index (χ0v) is 14.3. The van der Waals surface area contributed by atoms with Crippen molar-refractivity contribution in [3.05, 3.63) is 35.9 Å². The first kappa shape index (κ1) is 18.9. The number of Topliss-reactive ketones (excluding diaryl/α,β-unsaturated/α-hetero) is 1. The lowest BCUT2D eigenvalue weighted by molar-refractivity contribution is -0.163. The first-order chi connectivity index (χ1) is 10.7. The molecule has 0 N–H and O–H groups in total. The summed E-state index contributed by atoms with van der Waals surface area (Å²) >= 11 is 0. The van der Waals surface area contributed by atoms with Crippen LogP contribution in [0.5, 0.6) is 0 Å². The maximum atomic E-state index is 12.0. The van der Waals surface area contributed by atoms with Gasteiger partial charge in [0.15, 0.2) is 0 Å². The molecule has 1 aromatic carbocycles. The minimum atomic E-state index is -0.955. The van der Waals surface area contributed by atoms with Gasteiger partial charge in [-0.05, 0) is 39.2 Å². The third-order valence-electron chi connectivity index (χ3n) is 3.17. The van der Waals surface area contributed by atoms with Gasteiger partial charge in [-0.15, -0.1) is 0 Å². The van der Waals surface area contributed by atoms with Gasteiger partial charge in [0.2, 0.25) is 11.7 Å². The van der Waals surface area contributed by atoms with Gasteiger partial charge in [-0.3, -0.25) is 9.59 Å². The molecule has 1 aromatic rings. The van der Waals surface area contributed by atoms with E-state index in [1.165, 1.54) is 10.5 Å². The zero-order valence-electron chi connectivity index (χ0n) is 14.3. The Kier molecular flexibility index (Phi) is 6.94. The summed E-state index contributed by atoms with van der Waals surface area (Å²) in [6, 6.07) is 9.98. The second-order valence-corrected chi connectivity index (χ2v) is 6.51. The standard InChI is InChI=1S/C18H25NO4/c1-18(2,3)23-17(22)15(20)13-16(21)19(4)12-8-11-14-9-6-5-7-10-14/h5-7,9-10H,8,11-13H2,1-4H3. The topological polar surface area (TPSA) is 63.7 Å². The zero-order chi connectivity index (χ0) is 17.5. The summed E-state index contributed by atoms with van der Waals surface area (Å²) in [6.45, 7) is 5.57. The van der Waals surface area contributed by atoms with Crippen LogP contribution in [0.25, 0.3) is 0 Å². The molecule has 0 saturated heterocycles. The van der Waals surface area contributed by atoms with Crippen LogP contribution in [0.4, 0.5) is 0 Å². The Hall–Kier alpha value is -2.17. The van der Waals surface area contributed by atoms with Gasteiger partial charge in [-0.25, -0.2) is 4.79 Å². The first-order valence-electron chi connectivity index (χ1n) is 7.73. The van der Waals surface area contributed by atoms with Gasteiger partial charge in [-0.2, -0.15) is 0 Å². The van der Waals surface area contributed by atoms with Crippen LogP contribution in [0.15, 0.2) is 30.3 Å². The van der Waals surface area contributed by atoms with Crippen molar-refractivity contribution in [1.82, 2.24) is 4.90 Å². The molecule has 5 nitrogen and oxygen atoms in total. The lowest BCUT2D eigenvalue weighted by Gasteiger charge is -2.20. The van der Waals surface area contributed by atoms with Crippen molar-refractivity contribution >= 4 is 17.7 Å². The monoisotopic (exact) mass is 319 g/mol. The second kappa shape index (κ2) is 8.46. The van der Waals surface area contributed by atoms with Gasteiger partial charge in [0, 0.05) is 13.6 Å². The Labute approximate surface area is 137 Å². The summed E-state index contributed by atoms with van der Waals surface area (Å²) in [5.74, 6) is -2.13. The number of hydrogen-bond donors (Lipinski definition) is 0. The van der Waals surface area contributed by atoms with Gasteiger partial charge >= 0.3 is 5.97 Å². The third-order valence-corrected chi connectivity index (χ3v) is 3.17. The largest absolute Gasteiger partial charge is 0.454 e. The van der Waals surface area contributed by atoms with Crippen LogP contribution in [-0.2, 0) is 25.5 Å². The summed E-state index contributed by atoms with van der Waals surface area (Å²) in [4.78, 5) is 36.7. The van der Waals surface area contributed by atoms with E-state index in [-0.39, 0.29) is 5.91 Å². The van der Waals surface area contributed by atoms with E-state index in [0.717, 1.165) is 12.8 Å². The molecule has 0 saturated carbocycles. The van der Waals surface area contributed by atoms with Crippen molar-refractivity contribution in [2.75, 3.05) is 13.6 Å². The van der Waals surface area contributed by atoms with Crippen LogP contribution in [0.3, 0.4) is 0 Å². The van der Waals surface area contributed by atoms with E-state index in [1.54, 1.807) is 27.8 Å². The third kappa shape index (κ3) is 7.58. The molecule has 0 aromatic heterocycles. The predicted octanol–water partition coefficient (Wildman–Crippen LogP) is 2.38. The maximum absolute atomic E-state index is 12.0. The number of aryl methyl sites for hydroxylation is 1. The number of benzene rings is 1. The van der Waals surface area contributed by atoms with Gasteiger partial charge in [0.25, 0.3) is 0 Å². The van der Waals surface area contributed by atoms with Gasteiger partial charge in [0.1, 0.15) is 5.60 Å². The molecular formula is C18H25NO4. The normalized spacial score (nSPS) is 11.0. The smallest absolute Gasteiger partial charge is 0.375 e. The molecule has 0 radical (unpaired) electrons. The van der Waals surface area contributed by atoms with Crippen LogP contribution in [0.2, 0.25) is 0 Å². The SMILES string of the molecule is CN(CCCc1ccccc1)C(=O)CC(=O)C(=O)OC(C)(C)C. The average molecular weight is 319 g/mol. The van der Waals surface area contributed by atoms with Crippen molar-refractivity contribution < 1.29 is 19.1 Å². The highest BCUT2D eigenvalue weighted by Crippen LogP contribution is 2.08. The first-order valence-corrected chi connectivity index (χ1v) is 7.73. The molecule has 0 aliphatic carbocycles. The fourth-order valence-corrected chi connectivity index (χ4v) is 1.97. The average Bonchev–Trinajstić information content (AvgIpc) is 2.46. The van der Waals surface area contributed by atoms with Gasteiger partial charge in [-0.1, -0.05) is 30.3 Å². The Morgan fingerprint density at radius 1 is 1.09 bits per heavy atom. The van der Waals surface area contributed by atoms with Crippen molar-refractivity contribution in [2.24, 2.45) is 0 Å². The van der Waals surface area contributed by atoms with Crippen LogP contribution < -0.4 is 0 Å². The van der Waals surface area contributed by atoms with Crippen molar-refractivity contribution in [2.45, 2.75) is 45.6 Å². The van der Waals surface area contributed by atoms with Crippen LogP contribution in [0.1, 0.15) is 39.2 Å². The fraction of sp³-hybridized carbons (Fsp3) is 0.500. The molecule has 0 spiro atoms. The molecule has 23 heavy (non-hydrogen) atoms. The van der Waals surface area contributed by atoms with E-state index in [1.807, 2.05) is 30.3 Å². The van der Waals surface area contributed by atoms with Crippen LogP contribution in [0, 0.1) is 0 Å². The number of esters is 1. The van der Waals surface area contributed by atoms with Crippen LogP contribution in [-0.4, -0.2) is 41.8 Å². The number of carbonyl (C=O) groups excluding carboxylic acids is 3. The quantitative estimate of drug-likeness (QED) is 0.440. The molecule has 0 atom stereocenters. The number of ether oxygens (including phenoxy) is 1. The molecular weight excluding hydrogens is 294 g/mol. The van der Waals surface area contributed by atoms with Crippen molar-refractivity contribution in [1.29, 1.82) is 0 Å². The Bertz CT molecular complexity index is 546. The number of hydrogen-bond acceptors (Lipinski definition) is 4. The summed E-state index contributed by atoms with van der Waals surface area (Å²) in [5, 5.41) is 0. The lowest BCUT2D eigenvalue weighted by atomic mass is 10.1. The number of ketones is 1. The Balaban J connectivity index is 2.36. The summed E-state index contributed by atoms with van der Waals surface area (Å²) < 4.78 is 4.96. The number of rotatable bonds is 7. The molecule has 0 bridgehead atoms. The molecule has 0 aliphatic heterocycles. The van der Waals surface area contributed by atoms with E-state index >= 15 is 0 Å². The number of nitrogens with zero attached hydrogens (tertiary/aromatic N) is 1. The molecule has 1 rings (SSSR count). The molecule has 0 fully saturated rings. The van der Waals surface area contributed by atoms with E-state index < -0.39 is 23.8 Å². The van der Waals surface area contributed by atoms with Crippen molar-refractivity contribution in [3.63, 3.8) is 0 Å². The van der Waals surface area contributed by atoms with Gasteiger partial charge < -0.3 is 9.64 Å². The number of amides is 1. The minimum Gasteiger partial charge on any atom is -0.454 e. The van der Waals surface area contributed by atoms with Crippen molar-refractivity contribution in [3.8, 4) is 0 Å². The van der Waals surface area contributed by atoms with Crippen LogP contribution >= 0.6 is 0 Å². The highest BCUT2D eigenvalue weighted by molar-refractivity contribution is 6.37. The highest BCUT2D eigenvalue weighted by atomic mass is 16.6. The fourth-order valence-electron chi connectivity index (χ4n) is 1.97. The van der Waals surface area contributed by atoms with Gasteiger partial charge in [0.05, 0.1) is 6.42 Å². The predicted molar refractivity (Wildman–Crippen MR) is 87.9 cm³/mol. The van der Waals surface area contributed by atoms with E-state index in [4.69, 9.17) is 4.74 Å². The minimum absolute atomic E-state index is 0.367. The molecule has 126 valence electrons. The molecule has 0 heterocycles. The molecule has 5 heteroatoms. The molecule has 1 amide bonds. The molecule has 0 unspecified atom stereocenters. The highest BCUT2D eigenvalue weighted by Gasteiger charge is 2.25. The lowest BCUT2D eigenvalue weighted by Crippen LogP contribution is -2.34.